The first-order valence-corrected chi connectivity index (χ1v) is 11.5. The fourth-order valence-corrected chi connectivity index (χ4v) is 4.29. The number of para-hydroxylation sites is 2. The van der Waals surface area contributed by atoms with Crippen LogP contribution in [0.1, 0.15) is 11.1 Å². The topological polar surface area (TPSA) is 75.6 Å². The van der Waals surface area contributed by atoms with Crippen molar-refractivity contribution >= 4 is 23.2 Å². The fourth-order valence-electron chi connectivity index (χ4n) is 4.29. The average molecular weight is 473 g/mol. The van der Waals surface area contributed by atoms with E-state index in [1.165, 1.54) is 0 Å². The molecule has 0 aromatic heterocycles. The Kier molecular flexibility index (Phi) is 6.18. The summed E-state index contributed by atoms with van der Waals surface area (Å²) in [5.41, 5.74) is 3.42. The van der Waals surface area contributed by atoms with E-state index in [1.54, 1.807) is 14.2 Å². The molecular weight excluding hydrogens is 444 g/mol. The molecule has 0 bridgehead atoms. The molecule has 1 N–H and O–H groups in total. The van der Waals surface area contributed by atoms with Crippen LogP contribution in [-0.2, 0) is 0 Å². The highest BCUT2D eigenvalue weighted by atomic mass is 16.5. The smallest absolute Gasteiger partial charge is 0.322 e. The van der Waals surface area contributed by atoms with E-state index in [-0.39, 0.29) is 6.03 Å². The fraction of sp³-hybridized carbons (Fsp3) is 0.259. The first-order valence-electron chi connectivity index (χ1n) is 11.5. The van der Waals surface area contributed by atoms with Gasteiger partial charge in [0.25, 0.3) is 0 Å². The highest BCUT2D eigenvalue weighted by molar-refractivity contribution is 6.04. The maximum absolute atomic E-state index is 12.9. The van der Waals surface area contributed by atoms with Crippen LogP contribution in [0.5, 0.6) is 23.0 Å². The predicted octanol–water partition coefficient (Wildman–Crippen LogP) is 5.05. The van der Waals surface area contributed by atoms with Crippen LogP contribution < -0.4 is 19.5 Å². The Bertz CT molecular complexity index is 1280. The SMILES string of the molecule is COc1ccc2c(c1)Oc1cc(C)ccc1N=C2N1CCN(C(=O)Nc2ccccc2OC)CC1. The van der Waals surface area contributed by atoms with Gasteiger partial charge in [0.1, 0.15) is 28.8 Å². The third kappa shape index (κ3) is 4.59. The zero-order chi connectivity index (χ0) is 24.4. The zero-order valence-electron chi connectivity index (χ0n) is 20.1. The molecule has 0 aliphatic carbocycles. The number of piperazine rings is 1. The van der Waals surface area contributed by atoms with E-state index in [2.05, 4.69) is 10.2 Å². The number of nitrogens with one attached hydrogen (secondary N) is 1. The first-order chi connectivity index (χ1) is 17.1. The number of aliphatic imine (C=N–C) groups is 1. The number of benzene rings is 3. The quantitative estimate of drug-likeness (QED) is 0.578. The highest BCUT2D eigenvalue weighted by Gasteiger charge is 2.28. The van der Waals surface area contributed by atoms with E-state index in [9.17, 15) is 4.79 Å². The van der Waals surface area contributed by atoms with Crippen LogP contribution in [0.3, 0.4) is 0 Å². The number of methoxy groups -OCH3 is 2. The van der Waals surface area contributed by atoms with Gasteiger partial charge in [-0.1, -0.05) is 18.2 Å². The second kappa shape index (κ2) is 9.58. The minimum atomic E-state index is -0.147. The second-order valence-electron chi connectivity index (χ2n) is 8.48. The molecule has 0 radical (unpaired) electrons. The van der Waals surface area contributed by atoms with Crippen LogP contribution in [0.25, 0.3) is 0 Å². The van der Waals surface area contributed by atoms with E-state index in [0.717, 1.165) is 28.4 Å². The molecule has 1 fully saturated rings. The van der Waals surface area contributed by atoms with Gasteiger partial charge in [-0.05, 0) is 48.9 Å². The number of fused-ring (bicyclic) bond motifs is 2. The van der Waals surface area contributed by atoms with Gasteiger partial charge in [0.2, 0.25) is 0 Å². The Morgan fingerprint density at radius 2 is 1.74 bits per heavy atom. The molecule has 3 aromatic rings. The van der Waals surface area contributed by atoms with Crippen LogP contribution in [0.15, 0.2) is 65.7 Å². The van der Waals surface area contributed by atoms with Gasteiger partial charge < -0.3 is 29.3 Å². The average Bonchev–Trinajstić information content (AvgIpc) is 3.04. The summed E-state index contributed by atoms with van der Waals surface area (Å²) < 4.78 is 17.1. The number of carbonyl (C=O) groups excluding carboxylic acids is 1. The summed E-state index contributed by atoms with van der Waals surface area (Å²) in [5.74, 6) is 3.59. The van der Waals surface area contributed by atoms with Gasteiger partial charge in [-0.2, -0.15) is 0 Å². The number of anilines is 1. The number of ether oxygens (including phenoxy) is 3. The highest BCUT2D eigenvalue weighted by Crippen LogP contribution is 2.40. The van der Waals surface area contributed by atoms with Crippen molar-refractivity contribution in [2.45, 2.75) is 6.92 Å². The third-order valence-corrected chi connectivity index (χ3v) is 6.21. The van der Waals surface area contributed by atoms with Gasteiger partial charge >= 0.3 is 6.03 Å². The van der Waals surface area contributed by atoms with E-state index >= 15 is 0 Å². The summed E-state index contributed by atoms with van der Waals surface area (Å²) in [6, 6.07) is 19.0. The minimum absolute atomic E-state index is 0.147. The molecule has 8 heteroatoms. The Morgan fingerprint density at radius 3 is 2.51 bits per heavy atom. The minimum Gasteiger partial charge on any atom is -0.497 e. The van der Waals surface area contributed by atoms with Crippen molar-refractivity contribution in [2.24, 2.45) is 4.99 Å². The van der Waals surface area contributed by atoms with E-state index in [0.29, 0.717) is 49.1 Å². The lowest BCUT2D eigenvalue weighted by molar-refractivity contribution is 0.181. The molecule has 0 atom stereocenters. The molecular formula is C27H28N4O4. The van der Waals surface area contributed by atoms with Crippen molar-refractivity contribution in [3.05, 3.63) is 71.8 Å². The molecule has 5 rings (SSSR count). The summed E-state index contributed by atoms with van der Waals surface area (Å²) >= 11 is 0. The van der Waals surface area contributed by atoms with Crippen LogP contribution >= 0.6 is 0 Å². The number of amides is 2. The number of carbonyl (C=O) groups is 1. The summed E-state index contributed by atoms with van der Waals surface area (Å²) in [4.78, 5) is 21.9. The molecule has 35 heavy (non-hydrogen) atoms. The lowest BCUT2D eigenvalue weighted by Gasteiger charge is -2.36. The second-order valence-corrected chi connectivity index (χ2v) is 8.48. The number of nitrogens with zero attached hydrogens (tertiary/aromatic N) is 3. The maximum Gasteiger partial charge on any atom is 0.322 e. The third-order valence-electron chi connectivity index (χ3n) is 6.21. The van der Waals surface area contributed by atoms with Gasteiger partial charge in [-0.15, -0.1) is 0 Å². The first kappa shape index (κ1) is 22.6. The maximum atomic E-state index is 12.9. The van der Waals surface area contributed by atoms with Gasteiger partial charge in [-0.25, -0.2) is 9.79 Å². The van der Waals surface area contributed by atoms with Gasteiger partial charge in [-0.3, -0.25) is 0 Å². The van der Waals surface area contributed by atoms with Crippen molar-refractivity contribution in [3.8, 4) is 23.0 Å². The molecule has 180 valence electrons. The number of urea groups is 1. The number of rotatable bonds is 3. The van der Waals surface area contributed by atoms with E-state index in [4.69, 9.17) is 19.2 Å². The predicted molar refractivity (Wildman–Crippen MR) is 136 cm³/mol. The number of hydrogen-bond acceptors (Lipinski definition) is 6. The Labute approximate surface area is 204 Å². The van der Waals surface area contributed by atoms with Crippen molar-refractivity contribution in [3.63, 3.8) is 0 Å². The molecule has 8 nitrogen and oxygen atoms in total. The molecule has 2 aliphatic rings. The summed E-state index contributed by atoms with van der Waals surface area (Å²) in [6.45, 7) is 4.44. The normalized spacial score (nSPS) is 14.7. The van der Waals surface area contributed by atoms with Crippen molar-refractivity contribution in [1.82, 2.24) is 9.80 Å². The van der Waals surface area contributed by atoms with Crippen LogP contribution in [0.2, 0.25) is 0 Å². The molecule has 3 aromatic carbocycles. The lowest BCUT2D eigenvalue weighted by atomic mass is 10.1. The number of aryl methyl sites for hydroxylation is 1. The van der Waals surface area contributed by atoms with Gasteiger partial charge in [0, 0.05) is 32.2 Å². The van der Waals surface area contributed by atoms with Crippen molar-refractivity contribution < 1.29 is 19.0 Å². The largest absolute Gasteiger partial charge is 0.497 e. The van der Waals surface area contributed by atoms with Crippen LogP contribution in [0, 0.1) is 6.92 Å². The van der Waals surface area contributed by atoms with Crippen molar-refractivity contribution in [2.75, 3.05) is 45.7 Å². The molecule has 1 saturated heterocycles. The number of hydrogen-bond donors (Lipinski definition) is 1. The molecule has 0 saturated carbocycles. The molecule has 0 spiro atoms. The summed E-state index contributed by atoms with van der Waals surface area (Å²) in [5, 5.41) is 2.96. The van der Waals surface area contributed by atoms with Gasteiger partial charge in [0.15, 0.2) is 5.75 Å². The van der Waals surface area contributed by atoms with Gasteiger partial charge in [0.05, 0.1) is 25.5 Å². The van der Waals surface area contributed by atoms with E-state index in [1.807, 2.05) is 72.5 Å². The Balaban J connectivity index is 1.37. The zero-order valence-corrected chi connectivity index (χ0v) is 20.1. The number of amidine groups is 1. The molecule has 2 heterocycles. The summed E-state index contributed by atoms with van der Waals surface area (Å²) in [6.07, 6.45) is 0. The lowest BCUT2D eigenvalue weighted by Crippen LogP contribution is -2.51. The van der Waals surface area contributed by atoms with Crippen molar-refractivity contribution in [1.29, 1.82) is 0 Å². The molecule has 0 unspecified atom stereocenters. The monoisotopic (exact) mass is 472 g/mol. The van der Waals surface area contributed by atoms with E-state index < -0.39 is 0 Å². The Morgan fingerprint density at radius 1 is 0.943 bits per heavy atom. The van der Waals surface area contributed by atoms with Crippen LogP contribution in [-0.4, -0.2) is 62.1 Å². The molecule has 2 aliphatic heterocycles. The van der Waals surface area contributed by atoms with Crippen LogP contribution in [0.4, 0.5) is 16.2 Å². The standard InChI is InChI=1S/C27H28N4O4/c1-18-8-11-22-25(16-18)35-24-17-19(33-2)9-10-20(24)26(28-22)30-12-14-31(15-13-30)27(32)29-21-6-4-5-7-23(21)34-3/h4-11,16-17H,12-15H2,1-3H3,(H,29,32). The Hall–Kier alpha value is -4.20. The molecule has 2 amide bonds. The summed E-state index contributed by atoms with van der Waals surface area (Å²) in [7, 11) is 3.23.